The van der Waals surface area contributed by atoms with Crippen LogP contribution in [0.15, 0.2) is 18.2 Å². The van der Waals surface area contributed by atoms with Crippen molar-refractivity contribution in [2.24, 2.45) is 5.41 Å². The molecule has 1 aliphatic rings. The van der Waals surface area contributed by atoms with E-state index in [2.05, 4.69) is 5.32 Å². The average molecular weight is 340 g/mol. The second-order valence-electron chi connectivity index (χ2n) is 6.44. The Balaban J connectivity index is 0.00000264. The Morgan fingerprint density at radius 1 is 1.26 bits per heavy atom. The van der Waals surface area contributed by atoms with E-state index >= 15 is 0 Å². The van der Waals surface area contributed by atoms with E-state index in [9.17, 15) is 9.59 Å². The smallest absolute Gasteiger partial charge is 0.251 e. The number of benzene rings is 1. The van der Waals surface area contributed by atoms with Gasteiger partial charge in [-0.3, -0.25) is 9.59 Å². The third-order valence-electron chi connectivity index (χ3n) is 4.51. The van der Waals surface area contributed by atoms with Crippen LogP contribution in [-0.2, 0) is 4.79 Å². The van der Waals surface area contributed by atoms with Crippen LogP contribution in [0.1, 0.15) is 41.6 Å². The second-order valence-corrected chi connectivity index (χ2v) is 6.44. The molecule has 128 valence electrons. The van der Waals surface area contributed by atoms with E-state index in [1.165, 1.54) is 0 Å². The lowest BCUT2D eigenvalue weighted by molar-refractivity contribution is -0.138. The van der Waals surface area contributed by atoms with Gasteiger partial charge in [0.05, 0.1) is 5.41 Å². The van der Waals surface area contributed by atoms with Crippen molar-refractivity contribution >= 4 is 29.9 Å². The molecule has 0 aromatic heterocycles. The monoisotopic (exact) mass is 339 g/mol. The highest BCUT2D eigenvalue weighted by atomic mass is 35.5. The predicted octanol–water partition coefficient (Wildman–Crippen LogP) is 2.38. The van der Waals surface area contributed by atoms with Gasteiger partial charge in [-0.25, -0.2) is 0 Å². The van der Waals surface area contributed by atoms with Crippen molar-refractivity contribution in [2.45, 2.75) is 32.6 Å². The molecule has 0 radical (unpaired) electrons. The fourth-order valence-electron chi connectivity index (χ4n) is 3.22. The second kappa shape index (κ2) is 7.68. The van der Waals surface area contributed by atoms with Gasteiger partial charge < -0.3 is 16.0 Å². The van der Waals surface area contributed by atoms with E-state index in [4.69, 9.17) is 5.73 Å². The number of halogens is 1. The number of rotatable bonds is 4. The summed E-state index contributed by atoms with van der Waals surface area (Å²) in [5.74, 6) is -0.0581. The van der Waals surface area contributed by atoms with E-state index in [0.29, 0.717) is 17.8 Å². The summed E-state index contributed by atoms with van der Waals surface area (Å²) in [5.41, 5.74) is 7.33. The zero-order valence-electron chi connectivity index (χ0n) is 14.0. The molecule has 2 amide bonds. The summed E-state index contributed by atoms with van der Waals surface area (Å²) < 4.78 is 0. The Bertz CT molecular complexity index is 581. The number of nitrogens with zero attached hydrogens (tertiary/aromatic N) is 1. The van der Waals surface area contributed by atoms with E-state index < -0.39 is 5.41 Å². The number of nitrogens with two attached hydrogens (primary N) is 1. The molecule has 0 heterocycles. The molecule has 0 saturated heterocycles. The fraction of sp³-hybridized carbons (Fsp3) is 0.529. The van der Waals surface area contributed by atoms with Crippen LogP contribution >= 0.6 is 12.4 Å². The Hall–Kier alpha value is -1.75. The molecular formula is C17H26ClN3O2. The van der Waals surface area contributed by atoms with Gasteiger partial charge in [0, 0.05) is 31.9 Å². The van der Waals surface area contributed by atoms with Gasteiger partial charge in [0.1, 0.15) is 0 Å². The maximum absolute atomic E-state index is 12.5. The van der Waals surface area contributed by atoms with E-state index in [-0.39, 0.29) is 24.2 Å². The molecule has 2 rings (SSSR count). The normalized spacial score (nSPS) is 15.6. The molecule has 1 aliphatic carbocycles. The number of hydrogen-bond donors (Lipinski definition) is 2. The molecule has 1 aromatic rings. The first-order valence-electron chi connectivity index (χ1n) is 7.72. The molecule has 0 aliphatic heterocycles. The molecule has 23 heavy (non-hydrogen) atoms. The SMILES string of the molecule is Cc1ccc(N)cc1C(=O)NCC1(C(=O)N(C)C)CCCC1.Cl. The first-order valence-corrected chi connectivity index (χ1v) is 7.72. The molecule has 1 fully saturated rings. The van der Waals surface area contributed by atoms with Crippen molar-refractivity contribution in [3.05, 3.63) is 29.3 Å². The van der Waals surface area contributed by atoms with Gasteiger partial charge in [-0.15, -0.1) is 12.4 Å². The predicted molar refractivity (Wildman–Crippen MR) is 94.8 cm³/mol. The number of amides is 2. The molecule has 0 unspecified atom stereocenters. The Labute approximate surface area is 144 Å². The fourth-order valence-corrected chi connectivity index (χ4v) is 3.22. The number of hydrogen-bond acceptors (Lipinski definition) is 3. The lowest BCUT2D eigenvalue weighted by atomic mass is 9.84. The summed E-state index contributed by atoms with van der Waals surface area (Å²) in [6.45, 7) is 2.27. The maximum Gasteiger partial charge on any atom is 0.251 e. The van der Waals surface area contributed by atoms with Crippen LogP contribution in [0.4, 0.5) is 5.69 Å². The Morgan fingerprint density at radius 3 is 2.43 bits per heavy atom. The molecule has 6 heteroatoms. The quantitative estimate of drug-likeness (QED) is 0.827. The molecule has 5 nitrogen and oxygen atoms in total. The van der Waals surface area contributed by atoms with Gasteiger partial charge in [0.2, 0.25) is 5.91 Å². The van der Waals surface area contributed by atoms with Crippen LogP contribution in [0.5, 0.6) is 0 Å². The minimum Gasteiger partial charge on any atom is -0.399 e. The number of aryl methyl sites for hydroxylation is 1. The van der Waals surface area contributed by atoms with Gasteiger partial charge in [0.15, 0.2) is 0 Å². The van der Waals surface area contributed by atoms with Gasteiger partial charge in [-0.2, -0.15) is 0 Å². The van der Waals surface area contributed by atoms with Crippen LogP contribution < -0.4 is 11.1 Å². The van der Waals surface area contributed by atoms with Crippen LogP contribution in [0.25, 0.3) is 0 Å². The maximum atomic E-state index is 12.5. The van der Waals surface area contributed by atoms with E-state index in [1.807, 2.05) is 13.0 Å². The zero-order chi connectivity index (χ0) is 16.3. The number of anilines is 1. The van der Waals surface area contributed by atoms with Crippen LogP contribution in [0.3, 0.4) is 0 Å². The lowest BCUT2D eigenvalue weighted by Crippen LogP contribution is -2.46. The molecule has 0 atom stereocenters. The highest BCUT2D eigenvalue weighted by molar-refractivity contribution is 5.97. The van der Waals surface area contributed by atoms with Gasteiger partial charge >= 0.3 is 0 Å². The number of nitrogen functional groups attached to an aromatic ring is 1. The van der Waals surface area contributed by atoms with Crippen LogP contribution in [0.2, 0.25) is 0 Å². The molecular weight excluding hydrogens is 314 g/mol. The average Bonchev–Trinajstić information content (AvgIpc) is 2.96. The zero-order valence-corrected chi connectivity index (χ0v) is 14.8. The summed E-state index contributed by atoms with van der Waals surface area (Å²) in [7, 11) is 3.54. The van der Waals surface area contributed by atoms with Crippen molar-refractivity contribution in [3.63, 3.8) is 0 Å². The highest BCUT2D eigenvalue weighted by Gasteiger charge is 2.42. The first-order chi connectivity index (χ1) is 10.4. The minimum absolute atomic E-state index is 0. The molecule has 3 N–H and O–H groups in total. The standard InChI is InChI=1S/C17H25N3O2.ClH/c1-12-6-7-13(18)10-14(12)15(21)19-11-17(8-4-5-9-17)16(22)20(2)3;/h6-7,10H,4-5,8-9,11,18H2,1-3H3,(H,19,21);1H. The third-order valence-corrected chi connectivity index (χ3v) is 4.51. The summed E-state index contributed by atoms with van der Waals surface area (Å²) in [4.78, 5) is 26.5. The number of carbonyl (C=O) groups excluding carboxylic acids is 2. The molecule has 0 spiro atoms. The Morgan fingerprint density at radius 2 is 1.87 bits per heavy atom. The Kier molecular flexibility index (Phi) is 6.45. The first kappa shape index (κ1) is 19.3. The van der Waals surface area contributed by atoms with Gasteiger partial charge in [-0.1, -0.05) is 18.9 Å². The van der Waals surface area contributed by atoms with Gasteiger partial charge in [-0.05, 0) is 37.5 Å². The molecule has 1 saturated carbocycles. The topological polar surface area (TPSA) is 75.4 Å². The summed E-state index contributed by atoms with van der Waals surface area (Å²) in [6.07, 6.45) is 3.74. The van der Waals surface area contributed by atoms with E-state index in [0.717, 1.165) is 31.2 Å². The van der Waals surface area contributed by atoms with E-state index in [1.54, 1.807) is 31.1 Å². The third kappa shape index (κ3) is 4.16. The summed E-state index contributed by atoms with van der Waals surface area (Å²) in [6, 6.07) is 5.29. The number of carbonyl (C=O) groups is 2. The van der Waals surface area contributed by atoms with Crippen LogP contribution in [0, 0.1) is 12.3 Å². The highest BCUT2D eigenvalue weighted by Crippen LogP contribution is 2.39. The number of nitrogens with one attached hydrogen (secondary N) is 1. The lowest BCUT2D eigenvalue weighted by Gasteiger charge is -2.30. The summed E-state index contributed by atoms with van der Waals surface area (Å²) >= 11 is 0. The van der Waals surface area contributed by atoms with Crippen molar-refractivity contribution in [2.75, 3.05) is 26.4 Å². The molecule has 0 bridgehead atoms. The van der Waals surface area contributed by atoms with Crippen LogP contribution in [-0.4, -0.2) is 37.4 Å². The minimum atomic E-state index is -0.451. The molecule has 1 aromatic carbocycles. The largest absolute Gasteiger partial charge is 0.399 e. The summed E-state index contributed by atoms with van der Waals surface area (Å²) in [5, 5.41) is 2.94. The van der Waals surface area contributed by atoms with Crippen molar-refractivity contribution in [3.8, 4) is 0 Å². The van der Waals surface area contributed by atoms with Crippen molar-refractivity contribution in [1.29, 1.82) is 0 Å². The van der Waals surface area contributed by atoms with Crippen molar-refractivity contribution < 1.29 is 9.59 Å². The van der Waals surface area contributed by atoms with Gasteiger partial charge in [0.25, 0.3) is 5.91 Å². The van der Waals surface area contributed by atoms with Crippen molar-refractivity contribution in [1.82, 2.24) is 10.2 Å².